The van der Waals surface area contributed by atoms with Gasteiger partial charge in [0.15, 0.2) is 12.6 Å². The van der Waals surface area contributed by atoms with Gasteiger partial charge in [-0.25, -0.2) is 0 Å². The van der Waals surface area contributed by atoms with E-state index in [-0.39, 0.29) is 39.6 Å². The first-order valence-corrected chi connectivity index (χ1v) is 14.7. The molecule has 0 saturated carbocycles. The molecule has 0 aliphatic carbocycles. The van der Waals surface area contributed by atoms with Gasteiger partial charge < -0.3 is 72.5 Å². The van der Waals surface area contributed by atoms with Crippen molar-refractivity contribution >= 4 is 0 Å². The van der Waals surface area contributed by atoms with E-state index in [0.29, 0.717) is 0 Å². The molecule has 0 aromatic carbocycles. The van der Waals surface area contributed by atoms with Crippen molar-refractivity contribution in [2.45, 2.75) is 114 Å². The van der Waals surface area contributed by atoms with Crippen LogP contribution in [0.1, 0.15) is 27.7 Å². The van der Waals surface area contributed by atoms with Gasteiger partial charge in [-0.05, 0) is 27.7 Å². The van der Waals surface area contributed by atoms with Crippen LogP contribution < -0.4 is 0 Å². The summed E-state index contributed by atoms with van der Waals surface area (Å²) >= 11 is 0. The summed E-state index contributed by atoms with van der Waals surface area (Å²) in [6.45, 7) is 6.30. The molecule has 2 heterocycles. The number of methoxy groups -OCH3 is 4. The number of aliphatic hydroxyl groups is 4. The number of rotatable bonds is 20. The lowest BCUT2D eigenvalue weighted by molar-refractivity contribution is -0.373. The van der Waals surface area contributed by atoms with Crippen molar-refractivity contribution in [2.75, 3.05) is 68.1 Å². The molecule has 2 aliphatic heterocycles. The molecule has 0 aromatic rings. The Kier molecular flexibility index (Phi) is 17.8. The number of ether oxygens (including phenoxy) is 11. The summed E-state index contributed by atoms with van der Waals surface area (Å²) < 4.78 is 65.7. The molecule has 0 amide bonds. The van der Waals surface area contributed by atoms with Crippen molar-refractivity contribution < 1.29 is 72.5 Å². The molecule has 2 saturated heterocycles. The van der Waals surface area contributed by atoms with E-state index in [2.05, 4.69) is 0 Å². The molecule has 0 aromatic heterocycles. The van der Waals surface area contributed by atoms with Crippen molar-refractivity contribution in [3.05, 3.63) is 0 Å². The van der Waals surface area contributed by atoms with Crippen molar-refractivity contribution in [1.82, 2.24) is 0 Å². The second-order valence-corrected chi connectivity index (χ2v) is 11.1. The predicted octanol–water partition coefficient (Wildman–Crippen LogP) is -1.16. The van der Waals surface area contributed by atoms with E-state index in [1.165, 1.54) is 28.4 Å². The van der Waals surface area contributed by atoms with Gasteiger partial charge in [-0.15, -0.1) is 0 Å². The van der Waals surface area contributed by atoms with E-state index < -0.39 is 85.8 Å². The van der Waals surface area contributed by atoms with Gasteiger partial charge in [0, 0.05) is 28.4 Å². The van der Waals surface area contributed by atoms with Gasteiger partial charge in [0.05, 0.1) is 64.1 Å². The number of hydrogen-bond donors (Lipinski definition) is 4. The average Bonchev–Trinajstić information content (AvgIpc) is 2.94. The molecule has 14 atom stereocenters. The van der Waals surface area contributed by atoms with E-state index in [1.54, 1.807) is 27.7 Å². The Balaban J connectivity index is 2.51. The quantitative estimate of drug-likeness (QED) is 0.126. The fourth-order valence-corrected chi connectivity index (χ4v) is 5.01. The minimum Gasteiger partial charge on any atom is -0.391 e. The molecule has 15 nitrogen and oxygen atoms in total. The number of hydrogen-bond acceptors (Lipinski definition) is 15. The first-order valence-electron chi connectivity index (χ1n) is 14.7. The van der Waals surface area contributed by atoms with E-state index in [9.17, 15) is 20.4 Å². The normalized spacial score (nSPS) is 36.3. The highest BCUT2D eigenvalue weighted by atomic mass is 16.8. The van der Waals surface area contributed by atoms with Gasteiger partial charge in [-0.3, -0.25) is 0 Å². The van der Waals surface area contributed by atoms with Gasteiger partial charge in [0.2, 0.25) is 0 Å². The lowest BCUT2D eigenvalue weighted by Crippen LogP contribution is -2.66. The summed E-state index contributed by atoms with van der Waals surface area (Å²) in [5, 5.41) is 39.7. The van der Waals surface area contributed by atoms with Crippen LogP contribution in [0, 0.1) is 0 Å². The summed E-state index contributed by atoms with van der Waals surface area (Å²) in [6, 6.07) is 0. The van der Waals surface area contributed by atoms with Crippen LogP contribution in [-0.4, -0.2) is 174 Å². The molecule has 0 bridgehead atoms. The maximum absolute atomic E-state index is 10.1. The monoisotopic (exact) mass is 630 g/mol. The Hall–Kier alpha value is -0.600. The smallest absolute Gasteiger partial charge is 0.187 e. The third-order valence-corrected chi connectivity index (χ3v) is 6.82. The van der Waals surface area contributed by atoms with Gasteiger partial charge in [-0.2, -0.15) is 0 Å². The third-order valence-electron chi connectivity index (χ3n) is 6.82. The Labute approximate surface area is 254 Å². The maximum Gasteiger partial charge on any atom is 0.187 e. The fraction of sp³-hybridized carbons (Fsp3) is 1.00. The van der Waals surface area contributed by atoms with Crippen LogP contribution in [0.15, 0.2) is 0 Å². The molecule has 0 unspecified atom stereocenters. The van der Waals surface area contributed by atoms with Crippen LogP contribution in [0.25, 0.3) is 0 Å². The van der Waals surface area contributed by atoms with Crippen molar-refractivity contribution in [2.24, 2.45) is 0 Å². The SMILES string of the molecule is COC[C@H]1O[C@H](O[C@H]2[C@H](OC[C@H](C)O)[C@@H](OC)[C@H](OC[C@H](C)O)O[C@@H]2COC[C@@H](C)O)[C@H](OC[C@H](C)O)[C@@H](OC)[C@@H]1OC. The van der Waals surface area contributed by atoms with Crippen LogP contribution in [0.4, 0.5) is 0 Å². The van der Waals surface area contributed by atoms with Gasteiger partial charge in [0.25, 0.3) is 0 Å². The first-order chi connectivity index (χ1) is 20.5. The van der Waals surface area contributed by atoms with E-state index in [0.717, 1.165) is 0 Å². The second kappa shape index (κ2) is 19.8. The minimum atomic E-state index is -1.10. The molecular formula is C28H54O15. The Morgan fingerprint density at radius 1 is 0.512 bits per heavy atom. The molecule has 0 radical (unpaired) electrons. The molecule has 0 spiro atoms. The third kappa shape index (κ3) is 11.9. The minimum absolute atomic E-state index is 0.0237. The molecule has 4 N–H and O–H groups in total. The zero-order valence-corrected chi connectivity index (χ0v) is 26.6. The zero-order valence-electron chi connectivity index (χ0n) is 26.6. The lowest BCUT2D eigenvalue weighted by Gasteiger charge is -2.49. The van der Waals surface area contributed by atoms with Gasteiger partial charge in [-0.1, -0.05) is 0 Å². The van der Waals surface area contributed by atoms with Gasteiger partial charge >= 0.3 is 0 Å². The molecule has 2 fully saturated rings. The highest BCUT2D eigenvalue weighted by Crippen LogP contribution is 2.34. The Morgan fingerprint density at radius 2 is 1.00 bits per heavy atom. The molecular weight excluding hydrogens is 576 g/mol. The average molecular weight is 631 g/mol. The molecule has 43 heavy (non-hydrogen) atoms. The van der Waals surface area contributed by atoms with Gasteiger partial charge in [0.1, 0.15) is 48.8 Å². The van der Waals surface area contributed by atoms with Crippen molar-refractivity contribution in [3.8, 4) is 0 Å². The summed E-state index contributed by atoms with van der Waals surface area (Å²) in [5.41, 5.74) is 0. The largest absolute Gasteiger partial charge is 0.391 e. The molecule has 15 heteroatoms. The summed E-state index contributed by atoms with van der Waals surface area (Å²) in [4.78, 5) is 0. The highest BCUT2D eigenvalue weighted by molar-refractivity contribution is 4.97. The topological polar surface area (TPSA) is 182 Å². The van der Waals surface area contributed by atoms with E-state index in [1.807, 2.05) is 0 Å². The van der Waals surface area contributed by atoms with Crippen molar-refractivity contribution in [1.29, 1.82) is 0 Å². The van der Waals surface area contributed by atoms with Crippen LogP contribution in [-0.2, 0) is 52.1 Å². The van der Waals surface area contributed by atoms with Crippen LogP contribution in [0.2, 0.25) is 0 Å². The fourth-order valence-electron chi connectivity index (χ4n) is 5.01. The number of aliphatic hydroxyl groups excluding tert-OH is 4. The van der Waals surface area contributed by atoms with E-state index in [4.69, 9.17) is 52.1 Å². The molecule has 2 aliphatic rings. The van der Waals surface area contributed by atoms with Crippen molar-refractivity contribution in [3.63, 3.8) is 0 Å². The summed E-state index contributed by atoms with van der Waals surface area (Å²) in [5.74, 6) is 0. The highest BCUT2D eigenvalue weighted by Gasteiger charge is 2.54. The molecule has 256 valence electrons. The summed E-state index contributed by atoms with van der Waals surface area (Å²) in [7, 11) is 6.02. The molecule has 2 rings (SSSR count). The Bertz CT molecular complexity index is 726. The zero-order chi connectivity index (χ0) is 32.1. The van der Waals surface area contributed by atoms with Crippen LogP contribution >= 0.6 is 0 Å². The predicted molar refractivity (Wildman–Crippen MR) is 149 cm³/mol. The lowest BCUT2D eigenvalue weighted by atomic mass is 9.96. The second-order valence-electron chi connectivity index (χ2n) is 11.1. The van der Waals surface area contributed by atoms with Crippen LogP contribution in [0.3, 0.4) is 0 Å². The standard InChI is InChI=1S/C28H54O15/c1-15(29)9-37-14-20-22(24(38-10-16(2)30)25(36-8)27(41-20)40-12-18(4)32)43-28-26(39-11-17(3)31)23(35-7)21(34-6)19(42-28)13-33-5/h15-32H,9-14H2,1-8H3/t15-,16+,17+,18+,19-,20-,21-,22-,23+,24+,25-,26-,27-,28-/m1/s1. The van der Waals surface area contributed by atoms with Crippen LogP contribution in [0.5, 0.6) is 0 Å². The Morgan fingerprint density at radius 3 is 1.51 bits per heavy atom. The summed E-state index contributed by atoms with van der Waals surface area (Å²) in [6.07, 6.45) is -11.6. The first kappa shape index (κ1) is 38.6. The van der Waals surface area contributed by atoms with E-state index >= 15 is 0 Å². The maximum atomic E-state index is 10.1.